The van der Waals surface area contributed by atoms with Crippen LogP contribution in [-0.2, 0) is 4.79 Å². The van der Waals surface area contributed by atoms with Crippen molar-refractivity contribution in [2.45, 2.75) is 6.42 Å². The first-order valence-corrected chi connectivity index (χ1v) is 4.36. The number of H-pyrrole nitrogens is 1. The summed E-state index contributed by atoms with van der Waals surface area (Å²) in [5.74, 6) is 0.182. The second kappa shape index (κ2) is 3.57. The fourth-order valence-electron chi connectivity index (χ4n) is 1.44. The number of carbonyl (C=O) groups excluding carboxylic acids is 1. The lowest BCUT2D eigenvalue weighted by atomic mass is 10.1. The van der Waals surface area contributed by atoms with Crippen LogP contribution in [0.5, 0.6) is 0 Å². The zero-order chi connectivity index (χ0) is 9.10. The van der Waals surface area contributed by atoms with Gasteiger partial charge in [-0.05, 0) is 13.0 Å². The first-order chi connectivity index (χ1) is 6.36. The van der Waals surface area contributed by atoms with Crippen molar-refractivity contribution in [2.24, 2.45) is 5.92 Å². The fourth-order valence-corrected chi connectivity index (χ4v) is 1.44. The standard InChI is InChI=1S/C8H12N4O/c13-8(6-1-2-9-3-6)12-7-4-10-11-5-7/h4-6,9H,1-3H2,(H,10,11)(H,12,13). The number of aromatic nitrogens is 2. The van der Waals surface area contributed by atoms with Crippen LogP contribution < -0.4 is 10.6 Å². The normalized spacial score (nSPS) is 21.7. The SMILES string of the molecule is O=C(Nc1cn[nH]c1)C1CCNC1. The lowest BCUT2D eigenvalue weighted by Gasteiger charge is -2.06. The van der Waals surface area contributed by atoms with E-state index in [1.807, 2.05) is 0 Å². The van der Waals surface area contributed by atoms with Gasteiger partial charge in [0.2, 0.25) is 5.91 Å². The maximum atomic E-state index is 11.5. The molecule has 5 nitrogen and oxygen atoms in total. The number of hydrogen-bond donors (Lipinski definition) is 3. The highest BCUT2D eigenvalue weighted by Gasteiger charge is 2.22. The lowest BCUT2D eigenvalue weighted by molar-refractivity contribution is -0.119. The number of hydrogen-bond acceptors (Lipinski definition) is 3. The molecule has 0 bridgehead atoms. The van der Waals surface area contributed by atoms with Crippen molar-refractivity contribution in [3.8, 4) is 0 Å². The molecule has 0 saturated carbocycles. The molecular weight excluding hydrogens is 168 g/mol. The molecule has 1 aliphatic rings. The number of nitrogens with one attached hydrogen (secondary N) is 3. The summed E-state index contributed by atoms with van der Waals surface area (Å²) in [4.78, 5) is 11.5. The van der Waals surface area contributed by atoms with E-state index in [1.54, 1.807) is 12.4 Å². The summed E-state index contributed by atoms with van der Waals surface area (Å²) in [7, 11) is 0. The third-order valence-corrected chi connectivity index (χ3v) is 2.20. The van der Waals surface area contributed by atoms with Gasteiger partial charge in [-0.2, -0.15) is 5.10 Å². The van der Waals surface area contributed by atoms with Crippen LogP contribution in [0.4, 0.5) is 5.69 Å². The summed E-state index contributed by atoms with van der Waals surface area (Å²) in [6, 6.07) is 0. The van der Waals surface area contributed by atoms with Crippen molar-refractivity contribution >= 4 is 11.6 Å². The Hall–Kier alpha value is -1.36. The topological polar surface area (TPSA) is 69.8 Å². The van der Waals surface area contributed by atoms with Gasteiger partial charge in [-0.25, -0.2) is 0 Å². The third-order valence-electron chi connectivity index (χ3n) is 2.20. The number of aromatic amines is 1. The molecule has 1 unspecified atom stereocenters. The highest BCUT2D eigenvalue weighted by molar-refractivity contribution is 5.92. The van der Waals surface area contributed by atoms with Gasteiger partial charge < -0.3 is 10.6 Å². The highest BCUT2D eigenvalue weighted by atomic mass is 16.1. The second-order valence-electron chi connectivity index (χ2n) is 3.17. The van der Waals surface area contributed by atoms with E-state index in [0.717, 1.165) is 25.2 Å². The van der Waals surface area contributed by atoms with Gasteiger partial charge in [-0.1, -0.05) is 0 Å². The van der Waals surface area contributed by atoms with Crippen LogP contribution in [0.15, 0.2) is 12.4 Å². The summed E-state index contributed by atoms with van der Waals surface area (Å²) in [5, 5.41) is 12.3. The van der Waals surface area contributed by atoms with Gasteiger partial charge >= 0.3 is 0 Å². The van der Waals surface area contributed by atoms with Crippen LogP contribution in [0, 0.1) is 5.92 Å². The van der Waals surface area contributed by atoms with Gasteiger partial charge in [0.25, 0.3) is 0 Å². The summed E-state index contributed by atoms with van der Waals surface area (Å²) < 4.78 is 0. The molecule has 2 rings (SSSR count). The average Bonchev–Trinajstić information content (AvgIpc) is 2.74. The molecule has 1 aromatic heterocycles. The molecule has 1 atom stereocenters. The first-order valence-electron chi connectivity index (χ1n) is 4.36. The van der Waals surface area contributed by atoms with Crippen LogP contribution >= 0.6 is 0 Å². The Bertz CT molecular complexity index is 276. The summed E-state index contributed by atoms with van der Waals surface area (Å²) in [5.41, 5.74) is 0.733. The Morgan fingerprint density at radius 2 is 2.62 bits per heavy atom. The molecule has 0 radical (unpaired) electrons. The number of rotatable bonds is 2. The molecule has 2 heterocycles. The molecule has 5 heteroatoms. The van der Waals surface area contributed by atoms with Crippen molar-refractivity contribution in [1.29, 1.82) is 0 Å². The highest BCUT2D eigenvalue weighted by Crippen LogP contribution is 2.11. The molecule has 70 valence electrons. The van der Waals surface area contributed by atoms with Crippen molar-refractivity contribution in [1.82, 2.24) is 15.5 Å². The Morgan fingerprint density at radius 3 is 3.23 bits per heavy atom. The van der Waals surface area contributed by atoms with Crippen LogP contribution in [0.2, 0.25) is 0 Å². The maximum absolute atomic E-state index is 11.5. The minimum Gasteiger partial charge on any atom is -0.323 e. The lowest BCUT2D eigenvalue weighted by Crippen LogP contribution is -2.24. The van der Waals surface area contributed by atoms with E-state index >= 15 is 0 Å². The van der Waals surface area contributed by atoms with Crippen LogP contribution in [0.25, 0.3) is 0 Å². The van der Waals surface area contributed by atoms with Crippen molar-refractivity contribution in [3.63, 3.8) is 0 Å². The van der Waals surface area contributed by atoms with Gasteiger partial charge in [0.1, 0.15) is 0 Å². The van der Waals surface area contributed by atoms with Crippen LogP contribution in [0.3, 0.4) is 0 Å². The van der Waals surface area contributed by atoms with Gasteiger partial charge in [0, 0.05) is 12.7 Å². The first kappa shape index (κ1) is 8.25. The predicted octanol–water partition coefficient (Wildman–Crippen LogP) is -0.0423. The van der Waals surface area contributed by atoms with E-state index in [4.69, 9.17) is 0 Å². The van der Waals surface area contributed by atoms with E-state index in [0.29, 0.717) is 0 Å². The zero-order valence-corrected chi connectivity index (χ0v) is 7.21. The molecule has 0 aromatic carbocycles. The predicted molar refractivity (Wildman–Crippen MR) is 48.2 cm³/mol. The zero-order valence-electron chi connectivity index (χ0n) is 7.21. The Labute approximate surface area is 75.9 Å². The van der Waals surface area contributed by atoms with E-state index in [-0.39, 0.29) is 11.8 Å². The summed E-state index contributed by atoms with van der Waals surface area (Å²) in [6.07, 6.45) is 4.18. The van der Waals surface area contributed by atoms with Crippen molar-refractivity contribution in [2.75, 3.05) is 18.4 Å². The number of nitrogens with zero attached hydrogens (tertiary/aromatic N) is 1. The van der Waals surface area contributed by atoms with E-state index in [9.17, 15) is 4.79 Å². The van der Waals surface area contributed by atoms with E-state index in [2.05, 4.69) is 20.8 Å². The smallest absolute Gasteiger partial charge is 0.228 e. The summed E-state index contributed by atoms with van der Waals surface area (Å²) >= 11 is 0. The van der Waals surface area contributed by atoms with Gasteiger partial charge in [-0.3, -0.25) is 9.89 Å². The van der Waals surface area contributed by atoms with Gasteiger partial charge in [0.15, 0.2) is 0 Å². The monoisotopic (exact) mass is 180 g/mol. The maximum Gasteiger partial charge on any atom is 0.228 e. The fraction of sp³-hybridized carbons (Fsp3) is 0.500. The molecule has 1 aliphatic heterocycles. The molecule has 1 aromatic rings. The minimum atomic E-state index is 0.0754. The number of amides is 1. The van der Waals surface area contributed by atoms with Crippen LogP contribution in [0.1, 0.15) is 6.42 Å². The minimum absolute atomic E-state index is 0.0754. The molecule has 0 spiro atoms. The third kappa shape index (κ3) is 1.86. The van der Waals surface area contributed by atoms with Crippen molar-refractivity contribution in [3.05, 3.63) is 12.4 Å². The van der Waals surface area contributed by atoms with E-state index < -0.39 is 0 Å². The number of anilines is 1. The Morgan fingerprint density at radius 1 is 1.69 bits per heavy atom. The Kier molecular flexibility index (Phi) is 2.27. The summed E-state index contributed by atoms with van der Waals surface area (Å²) in [6.45, 7) is 1.72. The Balaban J connectivity index is 1.91. The average molecular weight is 180 g/mol. The van der Waals surface area contributed by atoms with Crippen molar-refractivity contribution < 1.29 is 4.79 Å². The largest absolute Gasteiger partial charge is 0.323 e. The molecule has 1 saturated heterocycles. The number of carbonyl (C=O) groups is 1. The molecular formula is C8H12N4O. The van der Waals surface area contributed by atoms with Crippen LogP contribution in [-0.4, -0.2) is 29.2 Å². The van der Waals surface area contributed by atoms with Gasteiger partial charge in [0.05, 0.1) is 17.8 Å². The van der Waals surface area contributed by atoms with Gasteiger partial charge in [-0.15, -0.1) is 0 Å². The molecule has 1 fully saturated rings. The molecule has 3 N–H and O–H groups in total. The second-order valence-corrected chi connectivity index (χ2v) is 3.17. The quantitative estimate of drug-likeness (QED) is 0.598. The molecule has 13 heavy (non-hydrogen) atoms. The molecule has 1 amide bonds. The molecule has 0 aliphatic carbocycles. The van der Waals surface area contributed by atoms with E-state index in [1.165, 1.54) is 0 Å².